The number of ether oxygens (including phenoxy) is 1. The second kappa shape index (κ2) is 12.0. The van der Waals surface area contributed by atoms with Gasteiger partial charge in [0.25, 0.3) is 5.91 Å². The lowest BCUT2D eigenvalue weighted by molar-refractivity contribution is 0.0216. The highest BCUT2D eigenvalue weighted by molar-refractivity contribution is 7.23. The summed E-state index contributed by atoms with van der Waals surface area (Å²) < 4.78 is 8.46. The molecule has 224 valence electrons. The molecular weight excluding hydrogens is 548 g/mol. The van der Waals surface area contributed by atoms with Gasteiger partial charge >= 0.3 is 6.09 Å². The minimum atomic E-state index is -0.516. The zero-order valence-electron chi connectivity index (χ0n) is 24.8. The fourth-order valence-electron chi connectivity index (χ4n) is 5.45. The quantitative estimate of drug-likeness (QED) is 0.228. The number of aromatic nitrogens is 3. The van der Waals surface area contributed by atoms with Gasteiger partial charge in [-0.1, -0.05) is 42.0 Å². The van der Waals surface area contributed by atoms with Crippen LogP contribution in [0.4, 0.5) is 4.79 Å². The monoisotopic (exact) mass is 590 g/mol. The van der Waals surface area contributed by atoms with E-state index in [1.165, 1.54) is 43.7 Å². The highest BCUT2D eigenvalue weighted by atomic mass is 32.1. The van der Waals surface area contributed by atoms with Gasteiger partial charge in [0.2, 0.25) is 4.96 Å². The van der Waals surface area contributed by atoms with E-state index in [2.05, 4.69) is 10.2 Å². The van der Waals surface area contributed by atoms with E-state index in [4.69, 9.17) is 14.8 Å². The van der Waals surface area contributed by atoms with E-state index in [1.807, 2.05) is 72.7 Å². The Kier molecular flexibility index (Phi) is 8.18. The molecule has 1 aliphatic heterocycles. The number of nitrogens with one attached hydrogen (secondary N) is 1. The molecule has 9 nitrogen and oxygen atoms in total. The highest BCUT2D eigenvalue weighted by Crippen LogP contribution is 2.31. The smallest absolute Gasteiger partial charge is 0.410 e. The van der Waals surface area contributed by atoms with Crippen molar-refractivity contribution in [3.05, 3.63) is 53.6 Å². The molecule has 10 heteroatoms. The van der Waals surface area contributed by atoms with E-state index in [1.54, 1.807) is 0 Å². The van der Waals surface area contributed by atoms with Gasteiger partial charge in [0.15, 0.2) is 5.82 Å². The minimum Gasteiger partial charge on any atom is -0.444 e. The Bertz CT molecular complexity index is 1570. The summed E-state index contributed by atoms with van der Waals surface area (Å²) in [5.74, 6) is 0.610. The molecule has 2 fully saturated rings. The molecule has 1 N–H and O–H groups in total. The van der Waals surface area contributed by atoms with Crippen molar-refractivity contribution >= 4 is 38.5 Å². The van der Waals surface area contributed by atoms with Crippen LogP contribution < -0.4 is 5.32 Å². The molecule has 1 saturated heterocycles. The van der Waals surface area contributed by atoms with Crippen molar-refractivity contribution in [3.63, 3.8) is 0 Å². The van der Waals surface area contributed by atoms with Gasteiger partial charge in [-0.3, -0.25) is 4.79 Å². The molecule has 1 aliphatic carbocycles. The van der Waals surface area contributed by atoms with Crippen LogP contribution in [0.25, 0.3) is 26.6 Å². The fourth-order valence-corrected chi connectivity index (χ4v) is 6.45. The molecule has 2 aliphatic rings. The standard InChI is InChI=1S/C32H40N6O3S.H2/c1-32(2,3)41-31(40)37(25-13-14-25)21-22-8-10-23(11-9-22)28-34-30-38(35-28)26-15-12-24(20-27(26)42-30)29(39)33-16-7-19-36-17-5-4-6-18-36;/h8-12,15,20,25H,4-7,13-14,16-19,21H2,1-3H3,(H,33,39);1H. The maximum atomic E-state index is 12.8. The third-order valence-corrected chi connectivity index (χ3v) is 8.79. The molecule has 0 bridgehead atoms. The van der Waals surface area contributed by atoms with Gasteiger partial charge in [-0.2, -0.15) is 4.98 Å². The van der Waals surface area contributed by atoms with Crippen LogP contribution >= 0.6 is 11.3 Å². The molecule has 2 aromatic carbocycles. The maximum absolute atomic E-state index is 12.8. The summed E-state index contributed by atoms with van der Waals surface area (Å²) in [5.41, 5.74) is 3.04. The number of thiazole rings is 1. The predicted octanol–water partition coefficient (Wildman–Crippen LogP) is 6.36. The number of carbonyl (C=O) groups is 2. The van der Waals surface area contributed by atoms with Crippen LogP contribution in [0.2, 0.25) is 0 Å². The SMILES string of the molecule is CC(C)(C)OC(=O)N(Cc1ccc(-c2nc3sc4cc(C(=O)NCCCN5CCCCC5)ccc4n3n2)cc1)C1CC1.[HH]. The average Bonchev–Trinajstić information content (AvgIpc) is 3.63. The zero-order valence-corrected chi connectivity index (χ0v) is 25.6. The number of carbonyl (C=O) groups excluding carboxylic acids is 2. The van der Waals surface area contributed by atoms with Gasteiger partial charge in [-0.25, -0.2) is 9.31 Å². The molecule has 0 spiro atoms. The number of benzene rings is 2. The Morgan fingerprint density at radius 1 is 1.10 bits per heavy atom. The van der Waals surface area contributed by atoms with Crippen molar-refractivity contribution in [2.45, 2.75) is 77.5 Å². The van der Waals surface area contributed by atoms with Crippen molar-refractivity contribution in [2.24, 2.45) is 0 Å². The van der Waals surface area contributed by atoms with Gasteiger partial charge in [0.05, 0.1) is 10.2 Å². The van der Waals surface area contributed by atoms with E-state index < -0.39 is 5.60 Å². The molecule has 2 amide bonds. The first kappa shape index (κ1) is 28.6. The molecule has 42 heavy (non-hydrogen) atoms. The number of rotatable bonds is 9. The first-order chi connectivity index (χ1) is 20.2. The summed E-state index contributed by atoms with van der Waals surface area (Å²) in [4.78, 5) is 35.4. The molecule has 1 saturated carbocycles. The summed E-state index contributed by atoms with van der Waals surface area (Å²) in [6.45, 7) is 10.3. The topological polar surface area (TPSA) is 92.1 Å². The summed E-state index contributed by atoms with van der Waals surface area (Å²) in [6.07, 6.45) is 6.66. The number of fused-ring (bicyclic) bond motifs is 3. The summed E-state index contributed by atoms with van der Waals surface area (Å²) in [7, 11) is 0. The van der Waals surface area contributed by atoms with E-state index >= 15 is 0 Å². The van der Waals surface area contributed by atoms with Crippen molar-refractivity contribution in [1.82, 2.24) is 29.7 Å². The fraction of sp³-hybridized carbons (Fsp3) is 0.500. The van der Waals surface area contributed by atoms with Crippen molar-refractivity contribution in [3.8, 4) is 11.4 Å². The molecule has 6 rings (SSSR count). The number of hydrogen-bond donors (Lipinski definition) is 1. The second-order valence-corrected chi connectivity index (χ2v) is 13.5. The lowest BCUT2D eigenvalue weighted by atomic mass is 10.1. The normalized spacial score (nSPS) is 16.2. The summed E-state index contributed by atoms with van der Waals surface area (Å²) in [6, 6.07) is 14.1. The molecular formula is C32H42N6O3S. The second-order valence-electron chi connectivity index (χ2n) is 12.5. The summed E-state index contributed by atoms with van der Waals surface area (Å²) in [5, 5.41) is 7.85. The van der Waals surface area contributed by atoms with Crippen molar-refractivity contribution < 1.29 is 15.8 Å². The van der Waals surface area contributed by atoms with E-state index in [0.717, 1.165) is 52.1 Å². The average molecular weight is 591 g/mol. The molecule has 4 aromatic rings. The van der Waals surface area contributed by atoms with Crippen molar-refractivity contribution in [2.75, 3.05) is 26.2 Å². The third kappa shape index (κ3) is 6.76. The largest absolute Gasteiger partial charge is 0.444 e. The van der Waals surface area contributed by atoms with E-state index in [9.17, 15) is 9.59 Å². The molecule has 0 atom stereocenters. The van der Waals surface area contributed by atoms with Crippen LogP contribution in [-0.2, 0) is 11.3 Å². The molecule has 2 aromatic heterocycles. The van der Waals surface area contributed by atoms with Crippen LogP contribution in [0.3, 0.4) is 0 Å². The summed E-state index contributed by atoms with van der Waals surface area (Å²) >= 11 is 1.53. The van der Waals surface area contributed by atoms with Crippen molar-refractivity contribution in [1.29, 1.82) is 0 Å². The number of likely N-dealkylation sites (tertiary alicyclic amines) is 1. The Hall–Kier alpha value is -3.50. The first-order valence-corrected chi connectivity index (χ1v) is 15.9. The number of hydrogen-bond acceptors (Lipinski definition) is 7. The molecule has 3 heterocycles. The first-order valence-electron chi connectivity index (χ1n) is 15.1. The molecule has 0 unspecified atom stereocenters. The predicted molar refractivity (Wildman–Crippen MR) is 168 cm³/mol. The van der Waals surface area contributed by atoms with Gasteiger partial charge in [0.1, 0.15) is 5.60 Å². The van der Waals surface area contributed by atoms with Gasteiger partial charge in [0, 0.05) is 31.7 Å². The number of piperidine rings is 1. The number of nitrogens with zero attached hydrogens (tertiary/aromatic N) is 5. The molecule has 0 radical (unpaired) electrons. The van der Waals surface area contributed by atoms with Gasteiger partial charge < -0.3 is 19.9 Å². The Morgan fingerprint density at radius 2 is 1.86 bits per heavy atom. The number of amides is 2. The Labute approximate surface area is 252 Å². The van der Waals surface area contributed by atoms with Crippen LogP contribution in [0.15, 0.2) is 42.5 Å². The lowest BCUT2D eigenvalue weighted by Gasteiger charge is -2.27. The van der Waals surface area contributed by atoms with Crippen LogP contribution in [-0.4, -0.2) is 74.2 Å². The van der Waals surface area contributed by atoms with Crippen LogP contribution in [0, 0.1) is 0 Å². The maximum Gasteiger partial charge on any atom is 0.410 e. The van der Waals surface area contributed by atoms with Gasteiger partial charge in [-0.05, 0) is 96.3 Å². The van der Waals surface area contributed by atoms with E-state index in [-0.39, 0.29) is 19.5 Å². The minimum absolute atomic E-state index is 0. The van der Waals surface area contributed by atoms with Crippen LogP contribution in [0.1, 0.15) is 76.6 Å². The Morgan fingerprint density at radius 3 is 2.57 bits per heavy atom. The lowest BCUT2D eigenvalue weighted by Crippen LogP contribution is -2.37. The third-order valence-electron chi connectivity index (χ3n) is 7.79. The highest BCUT2D eigenvalue weighted by Gasteiger charge is 2.35. The van der Waals surface area contributed by atoms with E-state index in [0.29, 0.717) is 24.5 Å². The van der Waals surface area contributed by atoms with Crippen LogP contribution in [0.5, 0.6) is 0 Å². The Balaban J connectivity index is 0.00000368. The zero-order chi connectivity index (χ0) is 29.3. The van der Waals surface area contributed by atoms with Gasteiger partial charge in [-0.15, -0.1) is 5.10 Å².